The molecule has 2 aromatic rings. The Kier molecular flexibility index (Phi) is 5.01. The first-order chi connectivity index (χ1) is 9.93. The maximum absolute atomic E-state index is 6.40. The van der Waals surface area contributed by atoms with E-state index in [0.717, 1.165) is 5.56 Å². The molecule has 0 aliphatic carbocycles. The summed E-state index contributed by atoms with van der Waals surface area (Å²) in [6.45, 7) is 8.79. The molecule has 1 heterocycles. The van der Waals surface area contributed by atoms with Crippen LogP contribution in [0.25, 0.3) is 0 Å². The second-order valence-electron chi connectivity index (χ2n) is 5.97. The van der Waals surface area contributed by atoms with Crippen LogP contribution in [0.4, 0.5) is 0 Å². The van der Waals surface area contributed by atoms with E-state index in [2.05, 4.69) is 30.9 Å². The molecular formula is C16H21ClN2O2. The van der Waals surface area contributed by atoms with Gasteiger partial charge in [0.2, 0.25) is 11.7 Å². The average Bonchev–Trinajstić information content (AvgIpc) is 2.93. The Bertz CT molecular complexity index is 563. The first kappa shape index (κ1) is 16.0. The fourth-order valence-electron chi connectivity index (χ4n) is 2.10. The zero-order valence-electron chi connectivity index (χ0n) is 12.8. The van der Waals surface area contributed by atoms with Gasteiger partial charge in [-0.2, -0.15) is 4.98 Å². The summed E-state index contributed by atoms with van der Waals surface area (Å²) in [6.07, 6.45) is -0.223. The molecule has 0 fully saturated rings. The molecule has 0 saturated heterocycles. The summed E-state index contributed by atoms with van der Waals surface area (Å²) in [7, 11) is 0. The van der Waals surface area contributed by atoms with E-state index < -0.39 is 5.38 Å². The van der Waals surface area contributed by atoms with Gasteiger partial charge >= 0.3 is 0 Å². The van der Waals surface area contributed by atoms with E-state index in [0.29, 0.717) is 18.3 Å². The maximum atomic E-state index is 6.40. The SMILES string of the molecule is CCOC(c1noc(C(Cl)c2ccccc2)n1)C(C)(C)C. The molecule has 0 N–H and O–H groups in total. The Morgan fingerprint density at radius 1 is 1.24 bits per heavy atom. The molecule has 21 heavy (non-hydrogen) atoms. The molecule has 114 valence electrons. The summed E-state index contributed by atoms with van der Waals surface area (Å²) in [5, 5.41) is 3.60. The molecule has 4 nitrogen and oxygen atoms in total. The molecule has 2 unspecified atom stereocenters. The van der Waals surface area contributed by atoms with Gasteiger partial charge in [-0.1, -0.05) is 56.3 Å². The van der Waals surface area contributed by atoms with Crippen LogP contribution in [0.15, 0.2) is 34.9 Å². The smallest absolute Gasteiger partial charge is 0.249 e. The highest BCUT2D eigenvalue weighted by atomic mass is 35.5. The largest absolute Gasteiger partial charge is 0.370 e. The molecule has 0 amide bonds. The van der Waals surface area contributed by atoms with E-state index in [1.807, 2.05) is 37.3 Å². The van der Waals surface area contributed by atoms with Gasteiger partial charge in [0.15, 0.2) is 0 Å². The Morgan fingerprint density at radius 3 is 2.48 bits per heavy atom. The fraction of sp³-hybridized carbons (Fsp3) is 0.500. The number of halogens is 1. The lowest BCUT2D eigenvalue weighted by atomic mass is 9.88. The molecule has 0 aliphatic heterocycles. The predicted octanol–water partition coefficient (Wildman–Crippen LogP) is 4.52. The zero-order chi connectivity index (χ0) is 15.5. The van der Waals surface area contributed by atoms with E-state index in [-0.39, 0.29) is 11.5 Å². The molecule has 0 bridgehead atoms. The minimum absolute atomic E-state index is 0.119. The van der Waals surface area contributed by atoms with Gasteiger partial charge in [-0.25, -0.2) is 0 Å². The normalized spacial score (nSPS) is 14.9. The number of benzene rings is 1. The van der Waals surface area contributed by atoms with Crippen LogP contribution < -0.4 is 0 Å². The van der Waals surface area contributed by atoms with Crippen molar-refractivity contribution in [2.75, 3.05) is 6.61 Å². The van der Waals surface area contributed by atoms with E-state index >= 15 is 0 Å². The topological polar surface area (TPSA) is 48.2 Å². The number of aromatic nitrogens is 2. The summed E-state index contributed by atoms with van der Waals surface area (Å²) in [4.78, 5) is 4.44. The fourth-order valence-corrected chi connectivity index (χ4v) is 2.33. The van der Waals surface area contributed by atoms with Crippen molar-refractivity contribution >= 4 is 11.6 Å². The number of hydrogen-bond acceptors (Lipinski definition) is 4. The van der Waals surface area contributed by atoms with E-state index in [1.54, 1.807) is 0 Å². The lowest BCUT2D eigenvalue weighted by Crippen LogP contribution is -2.22. The van der Waals surface area contributed by atoms with Gasteiger partial charge < -0.3 is 9.26 Å². The van der Waals surface area contributed by atoms with Crippen molar-refractivity contribution in [1.29, 1.82) is 0 Å². The molecule has 0 spiro atoms. The van der Waals surface area contributed by atoms with Crippen LogP contribution in [0.3, 0.4) is 0 Å². The highest BCUT2D eigenvalue weighted by Crippen LogP contribution is 2.36. The van der Waals surface area contributed by atoms with Crippen molar-refractivity contribution < 1.29 is 9.26 Å². The van der Waals surface area contributed by atoms with Gasteiger partial charge in [0.05, 0.1) is 0 Å². The highest BCUT2D eigenvalue weighted by Gasteiger charge is 2.32. The van der Waals surface area contributed by atoms with Gasteiger partial charge in [0, 0.05) is 6.61 Å². The molecule has 0 radical (unpaired) electrons. The second-order valence-corrected chi connectivity index (χ2v) is 6.40. The lowest BCUT2D eigenvalue weighted by molar-refractivity contribution is -0.0203. The molecular weight excluding hydrogens is 288 g/mol. The zero-order valence-corrected chi connectivity index (χ0v) is 13.6. The molecule has 0 aliphatic rings. The third-order valence-corrected chi connectivity index (χ3v) is 3.56. The molecule has 1 aromatic heterocycles. The van der Waals surface area contributed by atoms with Crippen molar-refractivity contribution in [3.8, 4) is 0 Å². The lowest BCUT2D eigenvalue weighted by Gasteiger charge is -2.27. The van der Waals surface area contributed by atoms with Crippen LogP contribution in [0.2, 0.25) is 0 Å². The van der Waals surface area contributed by atoms with Gasteiger partial charge in [0.25, 0.3) is 0 Å². The Hall–Kier alpha value is -1.39. The number of ether oxygens (including phenoxy) is 1. The summed E-state index contributed by atoms with van der Waals surface area (Å²) in [6, 6.07) is 9.67. The summed E-state index contributed by atoms with van der Waals surface area (Å²) < 4.78 is 11.1. The third kappa shape index (κ3) is 3.83. The highest BCUT2D eigenvalue weighted by molar-refractivity contribution is 6.22. The number of nitrogens with zero attached hydrogens (tertiary/aromatic N) is 2. The molecule has 2 atom stereocenters. The minimum Gasteiger partial charge on any atom is -0.370 e. The number of hydrogen-bond donors (Lipinski definition) is 0. The van der Waals surface area contributed by atoms with Gasteiger partial charge in [0.1, 0.15) is 11.5 Å². The molecule has 1 aromatic carbocycles. The Morgan fingerprint density at radius 2 is 1.90 bits per heavy atom. The quantitative estimate of drug-likeness (QED) is 0.762. The van der Waals surface area contributed by atoms with E-state index in [4.69, 9.17) is 20.9 Å². The first-order valence-corrected chi connectivity index (χ1v) is 7.51. The Labute approximate surface area is 130 Å². The summed E-state index contributed by atoms with van der Waals surface area (Å²) in [5.74, 6) is 0.938. The van der Waals surface area contributed by atoms with Crippen molar-refractivity contribution in [2.45, 2.75) is 39.2 Å². The van der Waals surface area contributed by atoms with Crippen LogP contribution in [0, 0.1) is 5.41 Å². The van der Waals surface area contributed by atoms with Gasteiger partial charge in [-0.3, -0.25) is 0 Å². The van der Waals surface area contributed by atoms with Crippen molar-refractivity contribution in [2.24, 2.45) is 5.41 Å². The molecule has 5 heteroatoms. The van der Waals surface area contributed by atoms with Crippen molar-refractivity contribution in [3.63, 3.8) is 0 Å². The van der Waals surface area contributed by atoms with Crippen LogP contribution in [0.5, 0.6) is 0 Å². The summed E-state index contributed by atoms with van der Waals surface area (Å²) >= 11 is 6.40. The standard InChI is InChI=1S/C16H21ClN2O2/c1-5-20-13(16(2,3)4)14-18-15(21-19-14)12(17)11-9-7-6-8-10-11/h6-10,12-13H,5H2,1-4H3. The van der Waals surface area contributed by atoms with Crippen LogP contribution in [-0.2, 0) is 4.74 Å². The van der Waals surface area contributed by atoms with E-state index in [1.165, 1.54) is 0 Å². The molecule has 0 saturated carbocycles. The minimum atomic E-state index is -0.449. The Balaban J connectivity index is 2.24. The maximum Gasteiger partial charge on any atom is 0.249 e. The predicted molar refractivity (Wildman–Crippen MR) is 82.3 cm³/mol. The van der Waals surface area contributed by atoms with Crippen molar-refractivity contribution in [1.82, 2.24) is 10.1 Å². The van der Waals surface area contributed by atoms with Crippen LogP contribution >= 0.6 is 11.6 Å². The number of rotatable bonds is 5. The monoisotopic (exact) mass is 308 g/mol. The number of alkyl halides is 1. The van der Waals surface area contributed by atoms with Crippen LogP contribution in [0.1, 0.15) is 56.5 Å². The third-order valence-electron chi connectivity index (χ3n) is 3.12. The summed E-state index contributed by atoms with van der Waals surface area (Å²) in [5.41, 5.74) is 0.809. The first-order valence-electron chi connectivity index (χ1n) is 7.07. The second kappa shape index (κ2) is 6.58. The van der Waals surface area contributed by atoms with Gasteiger partial charge in [-0.15, -0.1) is 11.6 Å². The average molecular weight is 309 g/mol. The van der Waals surface area contributed by atoms with Crippen molar-refractivity contribution in [3.05, 3.63) is 47.6 Å². The van der Waals surface area contributed by atoms with Crippen LogP contribution in [-0.4, -0.2) is 16.7 Å². The molecule has 2 rings (SSSR count). The van der Waals surface area contributed by atoms with E-state index in [9.17, 15) is 0 Å². The van der Waals surface area contributed by atoms with Gasteiger partial charge in [-0.05, 0) is 17.9 Å².